The third kappa shape index (κ3) is 3.54. The van der Waals surface area contributed by atoms with Crippen LogP contribution < -0.4 is 5.32 Å². The van der Waals surface area contributed by atoms with Crippen molar-refractivity contribution in [2.75, 3.05) is 26.2 Å². The van der Waals surface area contributed by atoms with Crippen LogP contribution in [0.5, 0.6) is 0 Å². The van der Waals surface area contributed by atoms with Gasteiger partial charge in [-0.2, -0.15) is 0 Å². The lowest BCUT2D eigenvalue weighted by molar-refractivity contribution is -0.135. The van der Waals surface area contributed by atoms with Gasteiger partial charge in [0.15, 0.2) is 0 Å². The summed E-state index contributed by atoms with van der Waals surface area (Å²) in [5.41, 5.74) is 0.553. The lowest BCUT2D eigenvalue weighted by Crippen LogP contribution is -2.60. The highest BCUT2D eigenvalue weighted by Crippen LogP contribution is 2.12. The number of carbonyl (C=O) groups is 1. The van der Waals surface area contributed by atoms with E-state index >= 15 is 0 Å². The first-order chi connectivity index (χ1) is 8.49. The van der Waals surface area contributed by atoms with Crippen LogP contribution >= 0.6 is 0 Å². The molecule has 1 heterocycles. The van der Waals surface area contributed by atoms with Gasteiger partial charge in [-0.3, -0.25) is 9.69 Å². The third-order valence-corrected chi connectivity index (χ3v) is 3.25. The molecule has 3 N–H and O–H groups in total. The van der Waals surface area contributed by atoms with Crippen molar-refractivity contribution >= 4 is 12.1 Å². The molecule has 1 fully saturated rings. The molecule has 0 aromatic heterocycles. The molecule has 1 aliphatic rings. The van der Waals surface area contributed by atoms with Crippen LogP contribution in [-0.2, 0) is 4.79 Å². The number of nitrogens with one attached hydrogen (secondary N) is 2. The fraction of sp³-hybridized carbons (Fsp3) is 0.667. The van der Waals surface area contributed by atoms with E-state index in [1.165, 1.54) is 13.1 Å². The van der Waals surface area contributed by atoms with Crippen molar-refractivity contribution < 1.29 is 9.90 Å². The van der Waals surface area contributed by atoms with Gasteiger partial charge >= 0.3 is 0 Å². The Labute approximate surface area is 108 Å². The highest BCUT2D eigenvalue weighted by atomic mass is 16.3. The number of hydrogen-bond acceptors (Lipinski definition) is 5. The monoisotopic (exact) mass is 254 g/mol. The molecule has 1 unspecified atom stereocenters. The first kappa shape index (κ1) is 14.7. The summed E-state index contributed by atoms with van der Waals surface area (Å²) < 4.78 is 0. The molecule has 1 amide bonds. The summed E-state index contributed by atoms with van der Waals surface area (Å²) in [5, 5.41) is 19.5. The lowest BCUT2D eigenvalue weighted by atomic mass is 10.1. The Morgan fingerprint density at radius 3 is 2.83 bits per heavy atom. The SMILES string of the molecule is C=C(C=N)NC(C)N1CCN(C(C)=O)[C@@H](CO)C1. The summed E-state index contributed by atoms with van der Waals surface area (Å²) in [6.45, 7) is 9.15. The molecule has 0 aromatic rings. The van der Waals surface area contributed by atoms with E-state index in [9.17, 15) is 9.90 Å². The summed E-state index contributed by atoms with van der Waals surface area (Å²) in [4.78, 5) is 15.2. The van der Waals surface area contributed by atoms with Crippen molar-refractivity contribution in [2.45, 2.75) is 26.1 Å². The zero-order valence-corrected chi connectivity index (χ0v) is 11.0. The number of aliphatic hydroxyl groups is 1. The van der Waals surface area contributed by atoms with Crippen LogP contribution in [-0.4, -0.2) is 65.5 Å². The van der Waals surface area contributed by atoms with E-state index in [0.29, 0.717) is 18.8 Å². The molecule has 2 atom stereocenters. The van der Waals surface area contributed by atoms with Crippen LogP contribution in [0.15, 0.2) is 12.3 Å². The van der Waals surface area contributed by atoms with E-state index in [0.717, 1.165) is 6.54 Å². The highest BCUT2D eigenvalue weighted by molar-refractivity contribution is 5.74. The zero-order chi connectivity index (χ0) is 13.7. The van der Waals surface area contributed by atoms with Crippen molar-refractivity contribution in [3.8, 4) is 0 Å². The minimum Gasteiger partial charge on any atom is -0.394 e. The molecule has 0 radical (unpaired) electrons. The van der Waals surface area contributed by atoms with Gasteiger partial charge in [0.2, 0.25) is 5.91 Å². The standard InChI is InChI=1S/C12H22N4O2/c1-9(6-13)14-10(2)15-4-5-16(11(3)18)12(7-15)8-17/h6,10,12-14,17H,1,4-5,7-8H2,2-3H3/t10?,12-/m1/s1. The van der Waals surface area contributed by atoms with Crippen molar-refractivity contribution in [3.05, 3.63) is 12.3 Å². The predicted molar refractivity (Wildman–Crippen MR) is 70.4 cm³/mol. The largest absolute Gasteiger partial charge is 0.394 e. The fourth-order valence-electron chi connectivity index (χ4n) is 2.20. The maximum Gasteiger partial charge on any atom is 0.219 e. The van der Waals surface area contributed by atoms with E-state index in [-0.39, 0.29) is 24.7 Å². The van der Waals surface area contributed by atoms with Crippen molar-refractivity contribution in [1.82, 2.24) is 15.1 Å². The van der Waals surface area contributed by atoms with Gasteiger partial charge in [-0.25, -0.2) is 0 Å². The Balaban J connectivity index is 2.59. The molecule has 1 saturated heterocycles. The smallest absolute Gasteiger partial charge is 0.219 e. The predicted octanol–water partition coefficient (Wildman–Crippen LogP) is -0.390. The number of allylic oxidation sites excluding steroid dienone is 1. The van der Waals surface area contributed by atoms with Crippen molar-refractivity contribution in [2.24, 2.45) is 0 Å². The minimum atomic E-state index is -0.159. The fourth-order valence-corrected chi connectivity index (χ4v) is 2.20. The normalized spacial score (nSPS) is 22.4. The first-order valence-corrected chi connectivity index (χ1v) is 6.07. The summed E-state index contributed by atoms with van der Waals surface area (Å²) >= 11 is 0. The van der Waals surface area contributed by atoms with Gasteiger partial charge in [0, 0.05) is 38.5 Å². The molecule has 1 aliphatic heterocycles. The van der Waals surface area contributed by atoms with E-state index < -0.39 is 0 Å². The van der Waals surface area contributed by atoms with E-state index in [1.54, 1.807) is 4.90 Å². The Morgan fingerprint density at radius 2 is 2.33 bits per heavy atom. The van der Waals surface area contributed by atoms with Crippen LogP contribution in [0.3, 0.4) is 0 Å². The van der Waals surface area contributed by atoms with Gasteiger partial charge in [-0.05, 0) is 6.92 Å². The van der Waals surface area contributed by atoms with Gasteiger partial charge in [-0.1, -0.05) is 6.58 Å². The van der Waals surface area contributed by atoms with Gasteiger partial charge in [0.25, 0.3) is 0 Å². The van der Waals surface area contributed by atoms with Gasteiger partial charge < -0.3 is 20.7 Å². The number of amides is 1. The molecule has 102 valence electrons. The third-order valence-electron chi connectivity index (χ3n) is 3.25. The summed E-state index contributed by atoms with van der Waals surface area (Å²) in [5.74, 6) is -0.00165. The summed E-state index contributed by atoms with van der Waals surface area (Å²) in [7, 11) is 0. The second-order valence-electron chi connectivity index (χ2n) is 4.53. The van der Waals surface area contributed by atoms with Crippen molar-refractivity contribution in [3.63, 3.8) is 0 Å². The van der Waals surface area contributed by atoms with Crippen molar-refractivity contribution in [1.29, 1.82) is 5.41 Å². The Morgan fingerprint density at radius 1 is 1.67 bits per heavy atom. The molecule has 0 saturated carbocycles. The minimum absolute atomic E-state index is 0.00165. The average molecular weight is 254 g/mol. The highest BCUT2D eigenvalue weighted by Gasteiger charge is 2.30. The first-order valence-electron chi connectivity index (χ1n) is 6.07. The van der Waals surface area contributed by atoms with Gasteiger partial charge in [0.05, 0.1) is 18.8 Å². The molecular weight excluding hydrogens is 232 g/mol. The van der Waals surface area contributed by atoms with Crippen LogP contribution in [0.4, 0.5) is 0 Å². The topological polar surface area (TPSA) is 79.7 Å². The molecular formula is C12H22N4O2. The Bertz CT molecular complexity index is 332. The molecule has 0 spiro atoms. The number of rotatable bonds is 5. The van der Waals surface area contributed by atoms with E-state index in [2.05, 4.69) is 16.8 Å². The summed E-state index contributed by atoms with van der Waals surface area (Å²) in [6, 6.07) is -0.159. The lowest BCUT2D eigenvalue weighted by Gasteiger charge is -2.43. The number of nitrogens with zero attached hydrogens (tertiary/aromatic N) is 2. The molecule has 0 bridgehead atoms. The number of piperazine rings is 1. The second kappa shape index (κ2) is 6.51. The van der Waals surface area contributed by atoms with Crippen LogP contribution in [0, 0.1) is 5.41 Å². The molecule has 0 aromatic carbocycles. The van der Waals surface area contributed by atoms with Crippen LogP contribution in [0.2, 0.25) is 0 Å². The van der Waals surface area contributed by atoms with E-state index in [1.807, 2.05) is 6.92 Å². The maximum atomic E-state index is 11.4. The van der Waals surface area contributed by atoms with Gasteiger partial charge in [0.1, 0.15) is 0 Å². The Hall–Kier alpha value is -1.40. The quantitative estimate of drug-likeness (QED) is 0.584. The van der Waals surface area contributed by atoms with Gasteiger partial charge in [-0.15, -0.1) is 0 Å². The molecule has 0 aliphatic carbocycles. The molecule has 1 rings (SSSR count). The molecule has 18 heavy (non-hydrogen) atoms. The summed E-state index contributed by atoms with van der Waals surface area (Å²) in [6.07, 6.45) is 1.20. The Kier molecular flexibility index (Phi) is 5.30. The van der Waals surface area contributed by atoms with E-state index in [4.69, 9.17) is 5.41 Å². The number of carbonyl (C=O) groups excluding carboxylic acids is 1. The van der Waals surface area contributed by atoms with Crippen LogP contribution in [0.25, 0.3) is 0 Å². The number of hydrogen-bond donors (Lipinski definition) is 3. The molecule has 6 heteroatoms. The molecule has 6 nitrogen and oxygen atoms in total. The van der Waals surface area contributed by atoms with Crippen LogP contribution in [0.1, 0.15) is 13.8 Å². The second-order valence-corrected chi connectivity index (χ2v) is 4.53. The maximum absolute atomic E-state index is 11.4. The zero-order valence-electron chi connectivity index (χ0n) is 11.0. The number of aliphatic hydroxyl groups excluding tert-OH is 1. The average Bonchev–Trinajstić information content (AvgIpc) is 2.37.